The molecule has 8 heteroatoms. The van der Waals surface area contributed by atoms with E-state index in [1.807, 2.05) is 19.1 Å². The van der Waals surface area contributed by atoms with E-state index >= 15 is 0 Å². The molecule has 0 spiro atoms. The normalized spacial score (nSPS) is 16.2. The Morgan fingerprint density at radius 1 is 1.16 bits per heavy atom. The summed E-state index contributed by atoms with van der Waals surface area (Å²) in [5, 5.41) is 3.38. The number of nitrogens with one attached hydrogen (secondary N) is 1. The Kier molecular flexibility index (Phi) is 8.20. The fourth-order valence-corrected chi connectivity index (χ4v) is 4.80. The van der Waals surface area contributed by atoms with Crippen molar-refractivity contribution in [2.45, 2.75) is 39.3 Å². The predicted molar refractivity (Wildman–Crippen MR) is 130 cm³/mol. The maximum Gasteiger partial charge on any atom is 0.235 e. The molecule has 1 atom stereocenters. The van der Waals surface area contributed by atoms with E-state index in [1.165, 1.54) is 18.5 Å². The highest BCUT2D eigenvalue weighted by Gasteiger charge is 2.23. The number of anilines is 1. The van der Waals surface area contributed by atoms with Crippen molar-refractivity contribution < 1.29 is 13.2 Å². The molecule has 174 valence electrons. The smallest absolute Gasteiger partial charge is 0.235 e. The zero-order chi connectivity index (χ0) is 23.3. The van der Waals surface area contributed by atoms with Crippen LogP contribution in [0.2, 0.25) is 5.02 Å². The molecule has 1 aliphatic heterocycles. The minimum absolute atomic E-state index is 0.0451. The van der Waals surface area contributed by atoms with Crippen molar-refractivity contribution in [3.8, 4) is 0 Å². The molecule has 1 aliphatic rings. The summed E-state index contributed by atoms with van der Waals surface area (Å²) in [6.07, 6.45) is 3.51. The van der Waals surface area contributed by atoms with Crippen molar-refractivity contribution >= 4 is 33.2 Å². The van der Waals surface area contributed by atoms with Gasteiger partial charge in [0, 0.05) is 30.3 Å². The zero-order valence-electron chi connectivity index (χ0n) is 18.9. The van der Waals surface area contributed by atoms with E-state index in [-0.39, 0.29) is 25.0 Å². The van der Waals surface area contributed by atoms with Gasteiger partial charge in [0.25, 0.3) is 0 Å². The number of hydrogen-bond donors (Lipinski definition) is 1. The number of piperidine rings is 1. The Morgan fingerprint density at radius 3 is 2.38 bits per heavy atom. The topological polar surface area (TPSA) is 69.7 Å². The van der Waals surface area contributed by atoms with E-state index in [1.54, 1.807) is 24.3 Å². The summed E-state index contributed by atoms with van der Waals surface area (Å²) in [5.74, 6) is 0.425. The Morgan fingerprint density at radius 2 is 1.78 bits per heavy atom. The van der Waals surface area contributed by atoms with Gasteiger partial charge in [-0.15, -0.1) is 0 Å². The number of carbonyl (C=O) groups is 1. The molecule has 2 aromatic carbocycles. The molecule has 6 nitrogen and oxygen atoms in total. The number of amides is 1. The number of sulfonamides is 1. The summed E-state index contributed by atoms with van der Waals surface area (Å²) >= 11 is 6.17. The Balaban J connectivity index is 1.60. The van der Waals surface area contributed by atoms with Gasteiger partial charge >= 0.3 is 0 Å². The fraction of sp³-hybridized carbons (Fsp3) is 0.458. The number of nitrogens with zero attached hydrogens (tertiary/aromatic N) is 2. The largest absolute Gasteiger partial charge is 0.372 e. The third kappa shape index (κ3) is 6.70. The zero-order valence-corrected chi connectivity index (χ0v) is 20.5. The quantitative estimate of drug-likeness (QED) is 0.618. The molecule has 1 N–H and O–H groups in total. The maximum atomic E-state index is 12.6. The van der Waals surface area contributed by atoms with Gasteiger partial charge in [0.05, 0.1) is 18.8 Å². The summed E-state index contributed by atoms with van der Waals surface area (Å²) in [6, 6.07) is 15.0. The van der Waals surface area contributed by atoms with Crippen LogP contribution in [-0.4, -0.2) is 44.5 Å². The Hall–Kier alpha value is -2.09. The standard InChI is InChI=1S/C24H32ClN3O3S/c1-18-12-14-27(15-13-18)22-10-8-20(9-11-22)19(2)26-24(29)17-28(32(3,30)31)16-21-6-4-5-7-23(21)25/h4-11,18-19H,12-17H2,1-3H3,(H,26,29)/t19-/m1/s1. The molecule has 0 bridgehead atoms. The van der Waals surface area contributed by atoms with Crippen molar-refractivity contribution in [3.05, 3.63) is 64.7 Å². The highest BCUT2D eigenvalue weighted by molar-refractivity contribution is 7.88. The van der Waals surface area contributed by atoms with E-state index in [0.717, 1.165) is 35.1 Å². The first-order valence-corrected chi connectivity index (χ1v) is 13.2. The van der Waals surface area contributed by atoms with Crippen LogP contribution in [0, 0.1) is 5.92 Å². The van der Waals surface area contributed by atoms with Crippen molar-refractivity contribution in [2.24, 2.45) is 5.92 Å². The van der Waals surface area contributed by atoms with Gasteiger partial charge in [-0.05, 0) is 55.0 Å². The molecule has 1 amide bonds. The summed E-state index contributed by atoms with van der Waals surface area (Å²) < 4.78 is 25.6. The molecule has 1 fully saturated rings. The van der Waals surface area contributed by atoms with Crippen LogP contribution in [0.1, 0.15) is 43.9 Å². The summed E-state index contributed by atoms with van der Waals surface area (Å²) in [5.41, 5.74) is 2.83. The first-order chi connectivity index (χ1) is 15.1. The lowest BCUT2D eigenvalue weighted by Crippen LogP contribution is -2.40. The lowest BCUT2D eigenvalue weighted by Gasteiger charge is -2.32. The van der Waals surface area contributed by atoms with Crippen molar-refractivity contribution in [3.63, 3.8) is 0 Å². The second-order valence-electron chi connectivity index (χ2n) is 8.67. The lowest BCUT2D eigenvalue weighted by molar-refractivity contribution is -0.122. The first kappa shape index (κ1) is 24.6. The van der Waals surface area contributed by atoms with Crippen molar-refractivity contribution in [2.75, 3.05) is 30.8 Å². The maximum absolute atomic E-state index is 12.6. The van der Waals surface area contributed by atoms with Gasteiger partial charge in [-0.3, -0.25) is 4.79 Å². The molecule has 3 rings (SSSR count). The average Bonchev–Trinajstić information content (AvgIpc) is 2.74. The van der Waals surface area contributed by atoms with Gasteiger partial charge in [-0.25, -0.2) is 8.42 Å². The second kappa shape index (κ2) is 10.7. The highest BCUT2D eigenvalue weighted by Crippen LogP contribution is 2.25. The Bertz CT molecular complexity index is 1020. The van der Waals surface area contributed by atoms with Crippen LogP contribution in [0.3, 0.4) is 0 Å². The molecule has 0 aromatic heterocycles. The van der Waals surface area contributed by atoms with Crippen LogP contribution < -0.4 is 10.2 Å². The van der Waals surface area contributed by atoms with E-state index in [9.17, 15) is 13.2 Å². The Labute approximate surface area is 196 Å². The van der Waals surface area contributed by atoms with E-state index in [2.05, 4.69) is 29.3 Å². The predicted octanol–water partition coefficient (Wildman–Crippen LogP) is 4.22. The molecule has 0 radical (unpaired) electrons. The van der Waals surface area contributed by atoms with E-state index < -0.39 is 10.0 Å². The number of hydrogen-bond acceptors (Lipinski definition) is 4. The minimum atomic E-state index is -3.59. The molecule has 0 saturated carbocycles. The third-order valence-electron chi connectivity index (χ3n) is 6.01. The summed E-state index contributed by atoms with van der Waals surface area (Å²) in [7, 11) is -3.59. The van der Waals surface area contributed by atoms with Gasteiger partial charge in [0.2, 0.25) is 15.9 Å². The second-order valence-corrected chi connectivity index (χ2v) is 11.1. The van der Waals surface area contributed by atoms with Crippen LogP contribution in [0.5, 0.6) is 0 Å². The molecule has 1 heterocycles. The van der Waals surface area contributed by atoms with Gasteiger partial charge in [0.15, 0.2) is 0 Å². The molecular formula is C24H32ClN3O3S. The average molecular weight is 478 g/mol. The van der Waals surface area contributed by atoms with E-state index in [0.29, 0.717) is 10.6 Å². The van der Waals surface area contributed by atoms with Crippen molar-refractivity contribution in [1.29, 1.82) is 0 Å². The van der Waals surface area contributed by atoms with Crippen LogP contribution in [0.25, 0.3) is 0 Å². The highest BCUT2D eigenvalue weighted by atomic mass is 35.5. The van der Waals surface area contributed by atoms with Crippen molar-refractivity contribution in [1.82, 2.24) is 9.62 Å². The molecule has 32 heavy (non-hydrogen) atoms. The number of carbonyl (C=O) groups excluding carboxylic acids is 1. The third-order valence-corrected chi connectivity index (χ3v) is 7.58. The monoisotopic (exact) mass is 477 g/mol. The molecule has 0 unspecified atom stereocenters. The van der Waals surface area contributed by atoms with Crippen LogP contribution in [-0.2, 0) is 21.4 Å². The molecular weight excluding hydrogens is 446 g/mol. The molecule has 1 saturated heterocycles. The van der Waals surface area contributed by atoms with Crippen LogP contribution in [0.4, 0.5) is 5.69 Å². The number of benzene rings is 2. The SMILES string of the molecule is CC1CCN(c2ccc([C@@H](C)NC(=O)CN(Cc3ccccc3Cl)S(C)(=O)=O)cc2)CC1. The minimum Gasteiger partial charge on any atom is -0.372 e. The van der Waals surface area contributed by atoms with Gasteiger partial charge in [-0.2, -0.15) is 4.31 Å². The first-order valence-electron chi connectivity index (χ1n) is 11.0. The van der Waals surface area contributed by atoms with Crippen LogP contribution >= 0.6 is 11.6 Å². The lowest BCUT2D eigenvalue weighted by atomic mass is 9.98. The van der Waals surface area contributed by atoms with Gasteiger partial charge < -0.3 is 10.2 Å². The number of halogens is 1. The summed E-state index contributed by atoms with van der Waals surface area (Å²) in [6.45, 7) is 6.11. The molecule has 2 aromatic rings. The van der Waals surface area contributed by atoms with Crippen LogP contribution in [0.15, 0.2) is 48.5 Å². The van der Waals surface area contributed by atoms with E-state index in [4.69, 9.17) is 11.6 Å². The summed E-state index contributed by atoms with van der Waals surface area (Å²) in [4.78, 5) is 15.0. The molecule has 0 aliphatic carbocycles. The van der Waals surface area contributed by atoms with Gasteiger partial charge in [-0.1, -0.05) is 48.9 Å². The van der Waals surface area contributed by atoms with Gasteiger partial charge in [0.1, 0.15) is 0 Å². The fourth-order valence-electron chi connectivity index (χ4n) is 3.88. The number of rotatable bonds is 8.